The Hall–Kier alpha value is -2.49. The van der Waals surface area contributed by atoms with E-state index in [0.29, 0.717) is 23.3 Å². The molecule has 0 aliphatic heterocycles. The molecule has 118 valence electrons. The smallest absolute Gasteiger partial charge is 0.169 e. The largest absolute Gasteiger partial charge is 0.494 e. The molecule has 4 heteroatoms. The first-order chi connectivity index (χ1) is 11.1. The van der Waals surface area contributed by atoms with Crippen molar-refractivity contribution in [2.75, 3.05) is 6.61 Å². The molecule has 0 spiro atoms. The van der Waals surface area contributed by atoms with Crippen molar-refractivity contribution >= 4 is 10.8 Å². The quantitative estimate of drug-likeness (QED) is 0.599. The van der Waals surface area contributed by atoms with Crippen LogP contribution in [0.5, 0.6) is 5.75 Å². The highest BCUT2D eigenvalue weighted by Gasteiger charge is 2.15. The molecule has 0 saturated heterocycles. The fourth-order valence-electron chi connectivity index (χ4n) is 2.48. The molecule has 0 aliphatic rings. The van der Waals surface area contributed by atoms with E-state index in [1.54, 1.807) is 36.4 Å². The predicted molar refractivity (Wildman–Crippen MR) is 85.0 cm³/mol. The van der Waals surface area contributed by atoms with Crippen LogP contribution < -0.4 is 4.74 Å². The van der Waals surface area contributed by atoms with E-state index in [0.717, 1.165) is 12.5 Å². The van der Waals surface area contributed by atoms with Gasteiger partial charge < -0.3 is 4.74 Å². The SMILES string of the molecule is CCCOc1ccc(-c2ccc3ccc(F)c(F)c3c2F)cc1. The Morgan fingerprint density at radius 3 is 2.22 bits per heavy atom. The van der Waals surface area contributed by atoms with Crippen molar-refractivity contribution in [2.24, 2.45) is 0 Å². The highest BCUT2D eigenvalue weighted by Crippen LogP contribution is 2.32. The van der Waals surface area contributed by atoms with Gasteiger partial charge in [0.15, 0.2) is 11.6 Å². The van der Waals surface area contributed by atoms with E-state index in [1.165, 1.54) is 6.07 Å². The molecule has 3 aromatic rings. The number of benzene rings is 3. The lowest BCUT2D eigenvalue weighted by Gasteiger charge is -2.09. The van der Waals surface area contributed by atoms with Crippen molar-refractivity contribution in [3.05, 3.63) is 66.0 Å². The average Bonchev–Trinajstić information content (AvgIpc) is 2.57. The van der Waals surface area contributed by atoms with E-state index in [4.69, 9.17) is 4.74 Å². The van der Waals surface area contributed by atoms with E-state index in [9.17, 15) is 13.2 Å². The summed E-state index contributed by atoms with van der Waals surface area (Å²) in [4.78, 5) is 0. The average molecular weight is 316 g/mol. The molecule has 3 rings (SSSR count). The summed E-state index contributed by atoms with van der Waals surface area (Å²) in [6.45, 7) is 2.61. The molecule has 0 amide bonds. The zero-order valence-corrected chi connectivity index (χ0v) is 12.6. The van der Waals surface area contributed by atoms with E-state index in [2.05, 4.69) is 0 Å². The molecular weight excluding hydrogens is 301 g/mol. The Morgan fingerprint density at radius 2 is 1.52 bits per heavy atom. The molecule has 0 fully saturated rings. The zero-order chi connectivity index (χ0) is 16.4. The van der Waals surface area contributed by atoms with Gasteiger partial charge in [0.2, 0.25) is 0 Å². The van der Waals surface area contributed by atoms with Gasteiger partial charge in [0, 0.05) is 5.56 Å². The first-order valence-corrected chi connectivity index (χ1v) is 7.41. The van der Waals surface area contributed by atoms with E-state index >= 15 is 0 Å². The zero-order valence-electron chi connectivity index (χ0n) is 12.6. The van der Waals surface area contributed by atoms with Crippen LogP contribution in [0.2, 0.25) is 0 Å². The predicted octanol–water partition coefficient (Wildman–Crippen LogP) is 5.71. The molecule has 0 unspecified atom stereocenters. The van der Waals surface area contributed by atoms with Gasteiger partial charge in [-0.3, -0.25) is 0 Å². The van der Waals surface area contributed by atoms with Gasteiger partial charge in [-0.2, -0.15) is 0 Å². The first kappa shape index (κ1) is 15.4. The summed E-state index contributed by atoms with van der Waals surface area (Å²) >= 11 is 0. The Bertz CT molecular complexity index is 841. The van der Waals surface area contributed by atoms with Crippen molar-refractivity contribution in [1.82, 2.24) is 0 Å². The third-order valence-corrected chi connectivity index (χ3v) is 3.65. The number of halogens is 3. The molecule has 0 aromatic heterocycles. The lowest BCUT2D eigenvalue weighted by molar-refractivity contribution is 0.317. The minimum Gasteiger partial charge on any atom is -0.494 e. The van der Waals surface area contributed by atoms with Gasteiger partial charge in [-0.05, 0) is 35.6 Å². The molecule has 1 nitrogen and oxygen atoms in total. The standard InChI is InChI=1S/C19H15F3O/c1-2-11-23-14-7-3-12(4-8-14)15-9-5-13-6-10-16(20)19(22)17(13)18(15)21/h3-10H,2,11H2,1H3. The maximum absolute atomic E-state index is 14.7. The Kier molecular flexibility index (Phi) is 4.24. The summed E-state index contributed by atoms with van der Waals surface area (Å²) in [7, 11) is 0. The number of ether oxygens (including phenoxy) is 1. The van der Waals surface area contributed by atoms with Gasteiger partial charge >= 0.3 is 0 Å². The second-order valence-electron chi connectivity index (χ2n) is 5.26. The van der Waals surface area contributed by atoms with Crippen LogP contribution in [-0.2, 0) is 0 Å². The van der Waals surface area contributed by atoms with E-state index in [-0.39, 0.29) is 10.9 Å². The van der Waals surface area contributed by atoms with Crippen LogP contribution in [0.15, 0.2) is 48.5 Å². The number of fused-ring (bicyclic) bond motifs is 1. The summed E-state index contributed by atoms with van der Waals surface area (Å²) in [5.74, 6) is -2.29. The molecule has 0 radical (unpaired) electrons. The minimum atomic E-state index is -1.16. The number of hydrogen-bond donors (Lipinski definition) is 0. The molecular formula is C19H15F3O. The van der Waals surface area contributed by atoms with E-state index < -0.39 is 17.5 Å². The van der Waals surface area contributed by atoms with Crippen LogP contribution in [0.1, 0.15) is 13.3 Å². The fourth-order valence-corrected chi connectivity index (χ4v) is 2.48. The van der Waals surface area contributed by atoms with Crippen molar-refractivity contribution in [2.45, 2.75) is 13.3 Å². The van der Waals surface area contributed by atoms with Crippen LogP contribution in [0.4, 0.5) is 13.2 Å². The lowest BCUT2D eigenvalue weighted by Crippen LogP contribution is -1.95. The highest BCUT2D eigenvalue weighted by molar-refractivity contribution is 5.88. The minimum absolute atomic E-state index is 0.226. The molecule has 0 aliphatic carbocycles. The third kappa shape index (κ3) is 2.89. The number of rotatable bonds is 4. The van der Waals surface area contributed by atoms with Crippen molar-refractivity contribution < 1.29 is 17.9 Å². The second-order valence-corrected chi connectivity index (χ2v) is 5.26. The summed E-state index contributed by atoms with van der Waals surface area (Å²) in [5.41, 5.74) is 0.806. The van der Waals surface area contributed by atoms with Gasteiger partial charge in [-0.25, -0.2) is 13.2 Å². The molecule has 0 bridgehead atoms. The van der Waals surface area contributed by atoms with Gasteiger partial charge in [-0.1, -0.05) is 37.3 Å². The summed E-state index contributed by atoms with van der Waals surface area (Å²) in [6, 6.07) is 12.4. The molecule has 3 aromatic carbocycles. The Balaban J connectivity index is 2.06. The van der Waals surface area contributed by atoms with Crippen LogP contribution in [0.25, 0.3) is 21.9 Å². The fraction of sp³-hybridized carbons (Fsp3) is 0.158. The van der Waals surface area contributed by atoms with Crippen LogP contribution in [0, 0.1) is 17.5 Å². The highest BCUT2D eigenvalue weighted by atomic mass is 19.2. The lowest BCUT2D eigenvalue weighted by atomic mass is 10.00. The first-order valence-electron chi connectivity index (χ1n) is 7.41. The third-order valence-electron chi connectivity index (χ3n) is 3.65. The summed E-state index contributed by atoms with van der Waals surface area (Å²) in [5, 5.41) is 0.00172. The van der Waals surface area contributed by atoms with E-state index in [1.807, 2.05) is 6.92 Å². The maximum Gasteiger partial charge on any atom is 0.169 e. The number of hydrogen-bond acceptors (Lipinski definition) is 1. The van der Waals surface area contributed by atoms with Crippen LogP contribution >= 0.6 is 0 Å². The normalized spacial score (nSPS) is 11.0. The van der Waals surface area contributed by atoms with Gasteiger partial charge in [0.1, 0.15) is 11.6 Å². The topological polar surface area (TPSA) is 9.23 Å². The van der Waals surface area contributed by atoms with Crippen molar-refractivity contribution in [3.8, 4) is 16.9 Å². The molecule has 0 heterocycles. The Morgan fingerprint density at radius 1 is 0.826 bits per heavy atom. The summed E-state index contributed by atoms with van der Waals surface area (Å²) < 4.78 is 47.4. The van der Waals surface area contributed by atoms with Gasteiger partial charge in [0.05, 0.1) is 12.0 Å². The van der Waals surface area contributed by atoms with Gasteiger partial charge in [-0.15, -0.1) is 0 Å². The van der Waals surface area contributed by atoms with Crippen LogP contribution in [-0.4, -0.2) is 6.61 Å². The van der Waals surface area contributed by atoms with Gasteiger partial charge in [0.25, 0.3) is 0 Å². The van der Waals surface area contributed by atoms with Crippen LogP contribution in [0.3, 0.4) is 0 Å². The van der Waals surface area contributed by atoms with Crippen molar-refractivity contribution in [3.63, 3.8) is 0 Å². The molecule has 23 heavy (non-hydrogen) atoms. The molecule has 0 N–H and O–H groups in total. The molecule has 0 atom stereocenters. The summed E-state index contributed by atoms with van der Waals surface area (Å²) in [6.07, 6.45) is 0.895. The molecule has 0 saturated carbocycles. The maximum atomic E-state index is 14.7. The second kappa shape index (κ2) is 6.32. The Labute approximate surface area is 132 Å². The monoisotopic (exact) mass is 316 g/mol. The van der Waals surface area contributed by atoms with Crippen molar-refractivity contribution in [1.29, 1.82) is 0 Å².